The van der Waals surface area contributed by atoms with Crippen molar-refractivity contribution in [3.05, 3.63) is 17.5 Å². The second kappa shape index (κ2) is 5.82. The number of hydrogen-bond donors (Lipinski definition) is 0. The normalized spacial score (nSPS) is 14.7. The van der Waals surface area contributed by atoms with Gasteiger partial charge in [0.05, 0.1) is 0 Å². The lowest BCUT2D eigenvalue weighted by atomic mass is 10.2. The fraction of sp³-hybridized carbons (Fsp3) is 0.667. The third kappa shape index (κ3) is 2.65. The lowest BCUT2D eigenvalue weighted by molar-refractivity contribution is 0.371. The van der Waals surface area contributed by atoms with Gasteiger partial charge in [-0.05, 0) is 20.8 Å². The van der Waals surface area contributed by atoms with Crippen molar-refractivity contribution in [1.29, 1.82) is 0 Å². The quantitative estimate of drug-likeness (QED) is 0.838. The van der Waals surface area contributed by atoms with E-state index in [2.05, 4.69) is 20.3 Å². The van der Waals surface area contributed by atoms with Gasteiger partial charge in [-0.15, -0.1) is 10.2 Å². The van der Waals surface area contributed by atoms with Crippen LogP contribution >= 0.6 is 0 Å². The van der Waals surface area contributed by atoms with Crippen molar-refractivity contribution in [3.8, 4) is 0 Å². The van der Waals surface area contributed by atoms with Crippen LogP contribution in [0, 0.1) is 6.92 Å². The molecule has 0 N–H and O–H groups in total. The van der Waals surface area contributed by atoms with Crippen LogP contribution in [0.4, 0.5) is 0 Å². The van der Waals surface area contributed by atoms with Crippen molar-refractivity contribution in [1.82, 2.24) is 24.9 Å². The molecule has 2 atom stereocenters. The van der Waals surface area contributed by atoms with E-state index in [1.807, 2.05) is 32.3 Å². The molecule has 0 fully saturated rings. The van der Waals surface area contributed by atoms with E-state index >= 15 is 0 Å². The number of aryl methyl sites for hydroxylation is 1. The van der Waals surface area contributed by atoms with Crippen molar-refractivity contribution >= 4 is 10.8 Å². The highest BCUT2D eigenvalue weighted by Crippen LogP contribution is 2.24. The standard InChI is InChI=1S/C12H19N5O2S/c1-6-17-9(5)14-15-12(17)20(18)8(4)11-13-10(7(2)3)16-19-11/h7-8H,6H2,1-5H3/t8-,20+/m1/s1. The zero-order chi connectivity index (χ0) is 14.9. The maximum absolute atomic E-state index is 12.6. The van der Waals surface area contributed by atoms with Crippen LogP contribution in [0.1, 0.15) is 56.4 Å². The molecule has 110 valence electrons. The fourth-order valence-electron chi connectivity index (χ4n) is 1.77. The first-order valence-corrected chi connectivity index (χ1v) is 7.80. The van der Waals surface area contributed by atoms with Crippen LogP contribution in [0.5, 0.6) is 0 Å². The monoisotopic (exact) mass is 297 g/mol. The average molecular weight is 297 g/mol. The van der Waals surface area contributed by atoms with E-state index in [1.54, 1.807) is 6.92 Å². The Labute approximate surface area is 120 Å². The van der Waals surface area contributed by atoms with Gasteiger partial charge in [-0.3, -0.25) is 4.21 Å². The van der Waals surface area contributed by atoms with Gasteiger partial charge in [0.1, 0.15) is 21.9 Å². The molecule has 0 aliphatic carbocycles. The zero-order valence-electron chi connectivity index (χ0n) is 12.3. The van der Waals surface area contributed by atoms with E-state index in [1.165, 1.54) is 0 Å². The highest BCUT2D eigenvalue weighted by molar-refractivity contribution is 7.85. The lowest BCUT2D eigenvalue weighted by Gasteiger charge is -2.08. The predicted molar refractivity (Wildman–Crippen MR) is 73.6 cm³/mol. The Bertz CT molecular complexity index is 619. The summed E-state index contributed by atoms with van der Waals surface area (Å²) in [6, 6.07) is 0. The Balaban J connectivity index is 2.27. The molecule has 2 rings (SSSR count). The van der Waals surface area contributed by atoms with Gasteiger partial charge in [-0.25, -0.2) is 0 Å². The summed E-state index contributed by atoms with van der Waals surface area (Å²) in [5.41, 5.74) is 0. The van der Waals surface area contributed by atoms with Crippen LogP contribution in [0.2, 0.25) is 0 Å². The summed E-state index contributed by atoms with van der Waals surface area (Å²) in [6.07, 6.45) is 0. The number of rotatable bonds is 5. The SMILES string of the molecule is CCn1c(C)nnc1[S@@](=O)[C@H](C)c1nc(C(C)C)no1. The predicted octanol–water partition coefficient (Wildman–Crippen LogP) is 1.98. The Kier molecular flexibility index (Phi) is 4.32. The first-order chi connectivity index (χ1) is 9.45. The number of aromatic nitrogens is 5. The van der Waals surface area contributed by atoms with Gasteiger partial charge in [0.25, 0.3) is 0 Å². The summed E-state index contributed by atoms with van der Waals surface area (Å²) in [4.78, 5) is 4.29. The molecule has 8 heteroatoms. The van der Waals surface area contributed by atoms with Gasteiger partial charge >= 0.3 is 0 Å². The summed E-state index contributed by atoms with van der Waals surface area (Å²) in [7, 11) is -1.38. The van der Waals surface area contributed by atoms with Crippen molar-refractivity contribution in [2.24, 2.45) is 0 Å². The van der Waals surface area contributed by atoms with Gasteiger partial charge in [0.2, 0.25) is 11.0 Å². The van der Waals surface area contributed by atoms with Crippen molar-refractivity contribution in [2.45, 2.75) is 57.5 Å². The molecule has 0 saturated heterocycles. The topological polar surface area (TPSA) is 86.7 Å². The minimum atomic E-state index is -1.38. The van der Waals surface area contributed by atoms with Gasteiger partial charge in [0.15, 0.2) is 5.82 Å². The first kappa shape index (κ1) is 14.8. The second-order valence-electron chi connectivity index (χ2n) is 4.86. The molecular weight excluding hydrogens is 278 g/mol. The van der Waals surface area contributed by atoms with Gasteiger partial charge in [-0.2, -0.15) is 4.98 Å². The third-order valence-corrected chi connectivity index (χ3v) is 4.55. The van der Waals surface area contributed by atoms with Gasteiger partial charge < -0.3 is 9.09 Å². The summed E-state index contributed by atoms with van der Waals surface area (Å²) in [5, 5.41) is 11.9. The highest BCUT2D eigenvalue weighted by atomic mass is 32.2. The van der Waals surface area contributed by atoms with Crippen LogP contribution in [0.15, 0.2) is 9.68 Å². The molecule has 0 aliphatic heterocycles. The molecule has 0 unspecified atom stereocenters. The molecule has 0 radical (unpaired) electrons. The smallest absolute Gasteiger partial charge is 0.242 e. The van der Waals surface area contributed by atoms with E-state index in [9.17, 15) is 4.21 Å². The fourth-order valence-corrected chi connectivity index (χ4v) is 2.97. The van der Waals surface area contributed by atoms with Gasteiger partial charge in [-0.1, -0.05) is 19.0 Å². The zero-order valence-corrected chi connectivity index (χ0v) is 13.1. The van der Waals surface area contributed by atoms with E-state index in [0.717, 1.165) is 5.82 Å². The molecule has 2 heterocycles. The molecular formula is C12H19N5O2S. The van der Waals surface area contributed by atoms with Crippen molar-refractivity contribution < 1.29 is 8.73 Å². The Hall–Kier alpha value is -1.57. The molecule has 2 aromatic rings. The minimum absolute atomic E-state index is 0.176. The van der Waals surface area contributed by atoms with Crippen LogP contribution in [-0.2, 0) is 17.3 Å². The molecule has 2 aromatic heterocycles. The van der Waals surface area contributed by atoms with Crippen molar-refractivity contribution in [2.75, 3.05) is 0 Å². The molecule has 0 bridgehead atoms. The highest BCUT2D eigenvalue weighted by Gasteiger charge is 2.26. The van der Waals surface area contributed by atoms with E-state index in [-0.39, 0.29) is 5.92 Å². The third-order valence-electron chi connectivity index (χ3n) is 3.04. The molecule has 20 heavy (non-hydrogen) atoms. The molecule has 0 amide bonds. The maximum Gasteiger partial charge on any atom is 0.242 e. The Morgan fingerprint density at radius 3 is 2.55 bits per heavy atom. The Morgan fingerprint density at radius 2 is 2.00 bits per heavy atom. The van der Waals surface area contributed by atoms with E-state index < -0.39 is 16.0 Å². The maximum atomic E-state index is 12.6. The molecule has 0 saturated carbocycles. The van der Waals surface area contributed by atoms with E-state index in [0.29, 0.717) is 23.4 Å². The largest absolute Gasteiger partial charge is 0.338 e. The summed E-state index contributed by atoms with van der Waals surface area (Å²) in [5.74, 6) is 1.92. The number of nitrogens with zero attached hydrogens (tertiary/aromatic N) is 5. The lowest BCUT2D eigenvalue weighted by Crippen LogP contribution is -2.11. The molecule has 7 nitrogen and oxygen atoms in total. The van der Waals surface area contributed by atoms with Crippen LogP contribution in [0.25, 0.3) is 0 Å². The first-order valence-electron chi connectivity index (χ1n) is 6.59. The van der Waals surface area contributed by atoms with Gasteiger partial charge in [0, 0.05) is 12.5 Å². The Morgan fingerprint density at radius 1 is 1.30 bits per heavy atom. The second-order valence-corrected chi connectivity index (χ2v) is 6.53. The number of hydrogen-bond acceptors (Lipinski definition) is 6. The molecule has 0 aromatic carbocycles. The minimum Gasteiger partial charge on any atom is -0.338 e. The van der Waals surface area contributed by atoms with Crippen molar-refractivity contribution in [3.63, 3.8) is 0 Å². The molecule has 0 aliphatic rings. The van der Waals surface area contributed by atoms with Crippen LogP contribution < -0.4 is 0 Å². The summed E-state index contributed by atoms with van der Waals surface area (Å²) < 4.78 is 19.6. The molecule has 0 spiro atoms. The summed E-state index contributed by atoms with van der Waals surface area (Å²) >= 11 is 0. The van der Waals surface area contributed by atoms with Crippen LogP contribution in [0.3, 0.4) is 0 Å². The summed E-state index contributed by atoms with van der Waals surface area (Å²) in [6.45, 7) is 10.2. The average Bonchev–Trinajstić information content (AvgIpc) is 3.03. The van der Waals surface area contributed by atoms with Crippen LogP contribution in [-0.4, -0.2) is 29.1 Å². The van der Waals surface area contributed by atoms with E-state index in [4.69, 9.17) is 4.52 Å².